The Bertz CT molecular complexity index is 452. The Hall–Kier alpha value is -1.86. The summed E-state index contributed by atoms with van der Waals surface area (Å²) < 4.78 is 0. The van der Waals surface area contributed by atoms with E-state index in [9.17, 15) is 4.79 Å². The zero-order valence-electron chi connectivity index (χ0n) is 6.24. The molecule has 1 aromatic heterocycles. The summed E-state index contributed by atoms with van der Waals surface area (Å²) in [5.74, 6) is 0. The number of benzene rings is 1. The highest BCUT2D eigenvalue weighted by Crippen LogP contribution is 2.18. The highest BCUT2D eigenvalue weighted by atomic mass is 16.1. The molecule has 1 heterocycles. The number of aliphatic imine (C=N–C) groups is 1. The molecule has 0 saturated carbocycles. The summed E-state index contributed by atoms with van der Waals surface area (Å²) in [5, 5.41) is 1.11. The number of hydrogen-bond donors (Lipinski definition) is 1. The van der Waals surface area contributed by atoms with Gasteiger partial charge in [0.2, 0.25) is 6.08 Å². The molecule has 2 aromatic rings. The second-order valence-corrected chi connectivity index (χ2v) is 2.45. The molecule has 3 heteroatoms. The molecule has 0 aliphatic carbocycles. The van der Waals surface area contributed by atoms with Gasteiger partial charge in [-0.2, -0.15) is 4.99 Å². The highest BCUT2D eigenvalue weighted by molar-refractivity contribution is 5.82. The van der Waals surface area contributed by atoms with Gasteiger partial charge >= 0.3 is 0 Å². The van der Waals surface area contributed by atoms with Crippen molar-refractivity contribution in [2.24, 2.45) is 4.99 Å². The quantitative estimate of drug-likeness (QED) is 0.501. The van der Waals surface area contributed by atoms with Crippen molar-refractivity contribution in [3.8, 4) is 0 Å². The van der Waals surface area contributed by atoms with Crippen molar-refractivity contribution in [1.29, 1.82) is 0 Å². The minimum absolute atomic E-state index is 0.625. The lowest BCUT2D eigenvalue weighted by atomic mass is 10.2. The van der Waals surface area contributed by atoms with Crippen molar-refractivity contribution in [2.45, 2.75) is 0 Å². The second-order valence-electron chi connectivity index (χ2n) is 2.45. The first-order valence-electron chi connectivity index (χ1n) is 3.55. The van der Waals surface area contributed by atoms with Crippen LogP contribution in [0.15, 0.2) is 35.5 Å². The number of aromatic nitrogens is 1. The van der Waals surface area contributed by atoms with Crippen LogP contribution in [0.5, 0.6) is 0 Å². The first-order valence-corrected chi connectivity index (χ1v) is 3.55. The smallest absolute Gasteiger partial charge is 0.240 e. The highest BCUT2D eigenvalue weighted by Gasteiger charge is 1.94. The molecule has 0 bridgehead atoms. The zero-order chi connectivity index (χ0) is 8.39. The number of nitrogens with zero attached hydrogens (tertiary/aromatic N) is 1. The van der Waals surface area contributed by atoms with Crippen LogP contribution in [0.25, 0.3) is 10.9 Å². The molecule has 1 aromatic carbocycles. The van der Waals surface area contributed by atoms with E-state index in [1.54, 1.807) is 12.1 Å². The number of H-pyrrole nitrogens is 1. The van der Waals surface area contributed by atoms with Gasteiger partial charge in [-0.05, 0) is 23.6 Å². The molecule has 0 unspecified atom stereocenters. The maximum absolute atomic E-state index is 9.95. The molecule has 0 aliphatic heterocycles. The largest absolute Gasteiger partial charge is 0.361 e. The van der Waals surface area contributed by atoms with E-state index in [0.717, 1.165) is 10.9 Å². The lowest BCUT2D eigenvalue weighted by molar-refractivity contribution is 0.565. The summed E-state index contributed by atoms with van der Waals surface area (Å²) in [6.07, 6.45) is 3.35. The van der Waals surface area contributed by atoms with Crippen LogP contribution in [0.1, 0.15) is 0 Å². The summed E-state index contributed by atoms with van der Waals surface area (Å²) in [6, 6.07) is 7.45. The standard InChI is InChI=1S/C9H6N2O/c12-6-11-8-2-1-7-3-4-10-9(7)5-8/h1-5,10H. The van der Waals surface area contributed by atoms with Gasteiger partial charge in [0, 0.05) is 11.7 Å². The van der Waals surface area contributed by atoms with E-state index < -0.39 is 0 Å². The van der Waals surface area contributed by atoms with Gasteiger partial charge in [0.15, 0.2) is 0 Å². The predicted molar refractivity (Wildman–Crippen MR) is 46.1 cm³/mol. The third-order valence-corrected chi connectivity index (χ3v) is 1.71. The maximum Gasteiger partial charge on any atom is 0.240 e. The molecule has 0 fully saturated rings. The molecule has 0 aliphatic rings. The number of isocyanates is 1. The Morgan fingerprint density at radius 2 is 2.25 bits per heavy atom. The summed E-state index contributed by atoms with van der Waals surface area (Å²) in [5.41, 5.74) is 1.60. The summed E-state index contributed by atoms with van der Waals surface area (Å²) in [4.78, 5) is 16.5. The van der Waals surface area contributed by atoms with Crippen LogP contribution in [-0.2, 0) is 4.79 Å². The summed E-state index contributed by atoms with van der Waals surface area (Å²) >= 11 is 0. The van der Waals surface area contributed by atoms with E-state index in [2.05, 4.69) is 9.98 Å². The van der Waals surface area contributed by atoms with Crippen molar-refractivity contribution < 1.29 is 4.79 Å². The molecule has 0 spiro atoms. The van der Waals surface area contributed by atoms with E-state index in [1.807, 2.05) is 18.3 Å². The molecule has 0 radical (unpaired) electrons. The number of nitrogens with one attached hydrogen (secondary N) is 1. The van der Waals surface area contributed by atoms with Gasteiger partial charge in [-0.3, -0.25) is 0 Å². The van der Waals surface area contributed by atoms with Gasteiger partial charge in [0.05, 0.1) is 5.69 Å². The maximum atomic E-state index is 9.95. The van der Waals surface area contributed by atoms with E-state index in [0.29, 0.717) is 5.69 Å². The molecule has 12 heavy (non-hydrogen) atoms. The van der Waals surface area contributed by atoms with E-state index >= 15 is 0 Å². The fourth-order valence-electron chi connectivity index (χ4n) is 1.16. The predicted octanol–water partition coefficient (Wildman–Crippen LogP) is 2.14. The Morgan fingerprint density at radius 3 is 3.08 bits per heavy atom. The summed E-state index contributed by atoms with van der Waals surface area (Å²) in [6.45, 7) is 0. The van der Waals surface area contributed by atoms with Crippen molar-refractivity contribution in [3.05, 3.63) is 30.5 Å². The molecule has 58 valence electrons. The van der Waals surface area contributed by atoms with E-state index in [4.69, 9.17) is 0 Å². The SMILES string of the molecule is O=C=Nc1ccc2cc[nH]c2c1. The molecule has 2 rings (SSSR count). The third kappa shape index (κ3) is 1.02. The molecular formula is C9H6N2O. The van der Waals surface area contributed by atoms with Gasteiger partial charge in [-0.1, -0.05) is 6.07 Å². The van der Waals surface area contributed by atoms with Crippen LogP contribution in [0.2, 0.25) is 0 Å². The van der Waals surface area contributed by atoms with Crippen LogP contribution in [0, 0.1) is 0 Å². The van der Waals surface area contributed by atoms with Crippen LogP contribution in [-0.4, -0.2) is 11.1 Å². The Kier molecular flexibility index (Phi) is 1.50. The lowest BCUT2D eigenvalue weighted by Crippen LogP contribution is -1.67. The first-order chi connectivity index (χ1) is 5.90. The lowest BCUT2D eigenvalue weighted by Gasteiger charge is -1.90. The Morgan fingerprint density at radius 1 is 1.33 bits per heavy atom. The molecule has 0 amide bonds. The number of aromatic amines is 1. The number of carbonyl (C=O) groups excluding carboxylic acids is 1. The van der Waals surface area contributed by atoms with Crippen molar-refractivity contribution in [3.63, 3.8) is 0 Å². The van der Waals surface area contributed by atoms with Crippen LogP contribution in [0.4, 0.5) is 5.69 Å². The average Bonchev–Trinajstić information content (AvgIpc) is 2.51. The molecule has 1 N–H and O–H groups in total. The van der Waals surface area contributed by atoms with Crippen LogP contribution >= 0.6 is 0 Å². The fourth-order valence-corrected chi connectivity index (χ4v) is 1.16. The Balaban J connectivity index is 2.67. The van der Waals surface area contributed by atoms with Crippen molar-refractivity contribution in [2.75, 3.05) is 0 Å². The van der Waals surface area contributed by atoms with Crippen molar-refractivity contribution in [1.82, 2.24) is 4.98 Å². The zero-order valence-corrected chi connectivity index (χ0v) is 6.24. The monoisotopic (exact) mass is 158 g/mol. The van der Waals surface area contributed by atoms with E-state index in [1.165, 1.54) is 6.08 Å². The Labute approximate surface area is 68.7 Å². The topological polar surface area (TPSA) is 45.2 Å². The molecule has 0 atom stereocenters. The first kappa shape index (κ1) is 6.83. The van der Waals surface area contributed by atoms with Crippen LogP contribution in [0.3, 0.4) is 0 Å². The fraction of sp³-hybridized carbons (Fsp3) is 0. The second kappa shape index (κ2) is 2.64. The molecule has 3 nitrogen and oxygen atoms in total. The normalized spacial score (nSPS) is 9.67. The van der Waals surface area contributed by atoms with Gasteiger partial charge in [0.1, 0.15) is 0 Å². The number of rotatable bonds is 1. The van der Waals surface area contributed by atoms with Gasteiger partial charge in [0.25, 0.3) is 0 Å². The molecular weight excluding hydrogens is 152 g/mol. The van der Waals surface area contributed by atoms with E-state index in [-0.39, 0.29) is 0 Å². The number of fused-ring (bicyclic) bond motifs is 1. The average molecular weight is 158 g/mol. The minimum Gasteiger partial charge on any atom is -0.361 e. The minimum atomic E-state index is 0.625. The third-order valence-electron chi connectivity index (χ3n) is 1.71. The summed E-state index contributed by atoms with van der Waals surface area (Å²) in [7, 11) is 0. The van der Waals surface area contributed by atoms with Gasteiger partial charge < -0.3 is 4.98 Å². The van der Waals surface area contributed by atoms with Gasteiger partial charge in [-0.15, -0.1) is 0 Å². The van der Waals surface area contributed by atoms with Crippen molar-refractivity contribution >= 4 is 22.7 Å². The van der Waals surface area contributed by atoms with Gasteiger partial charge in [-0.25, -0.2) is 4.79 Å². The number of hydrogen-bond acceptors (Lipinski definition) is 2. The van der Waals surface area contributed by atoms with Crippen LogP contribution < -0.4 is 0 Å². The molecule has 0 saturated heterocycles.